The zero-order chi connectivity index (χ0) is 11.4. The van der Waals surface area contributed by atoms with Gasteiger partial charge >= 0.3 is 0 Å². The fraction of sp³-hybridized carbons (Fsp3) is 0.667. The molecule has 0 spiro atoms. The van der Waals surface area contributed by atoms with Gasteiger partial charge in [-0.1, -0.05) is 6.42 Å². The molecule has 1 aromatic heterocycles. The van der Waals surface area contributed by atoms with Crippen LogP contribution in [-0.4, -0.2) is 22.6 Å². The van der Waals surface area contributed by atoms with Crippen LogP contribution < -0.4 is 10.9 Å². The summed E-state index contributed by atoms with van der Waals surface area (Å²) in [4.78, 5) is 18.3. The molecule has 1 atom stereocenters. The van der Waals surface area contributed by atoms with E-state index in [0.717, 1.165) is 25.1 Å². The van der Waals surface area contributed by atoms with E-state index in [4.69, 9.17) is 0 Å². The van der Waals surface area contributed by atoms with Crippen LogP contribution in [0.2, 0.25) is 0 Å². The molecule has 1 unspecified atom stereocenters. The quantitative estimate of drug-likeness (QED) is 0.805. The van der Waals surface area contributed by atoms with Gasteiger partial charge in [0, 0.05) is 17.8 Å². The third kappa shape index (κ3) is 3.17. The maximum atomic E-state index is 11.3. The van der Waals surface area contributed by atoms with Gasteiger partial charge in [-0.2, -0.15) is 0 Å². The second kappa shape index (κ2) is 5.25. The number of hydrogen-bond donors (Lipinski definition) is 2. The molecule has 4 heteroatoms. The van der Waals surface area contributed by atoms with Crippen molar-refractivity contribution in [1.82, 2.24) is 15.3 Å². The van der Waals surface area contributed by atoms with Crippen LogP contribution >= 0.6 is 0 Å². The summed E-state index contributed by atoms with van der Waals surface area (Å²) in [5.41, 5.74) is 0.868. The topological polar surface area (TPSA) is 57.8 Å². The molecule has 0 bridgehead atoms. The van der Waals surface area contributed by atoms with E-state index >= 15 is 0 Å². The van der Waals surface area contributed by atoms with Crippen molar-refractivity contribution in [2.75, 3.05) is 6.54 Å². The highest BCUT2D eigenvalue weighted by Crippen LogP contribution is 2.11. The summed E-state index contributed by atoms with van der Waals surface area (Å²) < 4.78 is 0. The normalized spacial score (nSPS) is 20.9. The average Bonchev–Trinajstić information content (AvgIpc) is 2.27. The van der Waals surface area contributed by atoms with Crippen molar-refractivity contribution in [3.63, 3.8) is 0 Å². The van der Waals surface area contributed by atoms with Gasteiger partial charge in [-0.25, -0.2) is 4.98 Å². The molecule has 0 aliphatic carbocycles. The molecule has 2 heterocycles. The van der Waals surface area contributed by atoms with Crippen LogP contribution in [0.4, 0.5) is 0 Å². The average molecular weight is 221 g/mol. The minimum Gasteiger partial charge on any atom is -0.314 e. The lowest BCUT2D eigenvalue weighted by Gasteiger charge is -2.23. The number of H-pyrrole nitrogens is 1. The number of hydrogen-bond acceptors (Lipinski definition) is 3. The highest BCUT2D eigenvalue weighted by Gasteiger charge is 2.12. The molecule has 0 saturated carbocycles. The number of rotatable bonds is 3. The first-order chi connectivity index (χ1) is 7.74. The van der Waals surface area contributed by atoms with Crippen LogP contribution in [0.25, 0.3) is 0 Å². The van der Waals surface area contributed by atoms with E-state index in [9.17, 15) is 4.79 Å². The number of nitrogens with one attached hydrogen (secondary N) is 2. The second-order valence-electron chi connectivity index (χ2n) is 4.51. The van der Waals surface area contributed by atoms with E-state index in [1.165, 1.54) is 19.3 Å². The first-order valence-corrected chi connectivity index (χ1v) is 6.04. The van der Waals surface area contributed by atoms with E-state index in [0.29, 0.717) is 11.9 Å². The van der Waals surface area contributed by atoms with E-state index in [1.807, 2.05) is 6.92 Å². The van der Waals surface area contributed by atoms with Crippen LogP contribution in [0.5, 0.6) is 0 Å². The van der Waals surface area contributed by atoms with Crippen LogP contribution in [0.1, 0.15) is 37.2 Å². The zero-order valence-electron chi connectivity index (χ0n) is 9.75. The molecule has 1 aromatic rings. The fourth-order valence-corrected chi connectivity index (χ4v) is 2.26. The van der Waals surface area contributed by atoms with Gasteiger partial charge in [-0.3, -0.25) is 4.79 Å². The Balaban J connectivity index is 1.90. The monoisotopic (exact) mass is 221 g/mol. The van der Waals surface area contributed by atoms with Gasteiger partial charge in [-0.05, 0) is 39.2 Å². The molecule has 1 saturated heterocycles. The van der Waals surface area contributed by atoms with Gasteiger partial charge in [0.25, 0.3) is 5.56 Å². The van der Waals surface area contributed by atoms with Gasteiger partial charge in [0.05, 0.1) is 0 Å². The number of aromatic nitrogens is 2. The maximum absolute atomic E-state index is 11.3. The Kier molecular flexibility index (Phi) is 3.72. The van der Waals surface area contributed by atoms with Crippen LogP contribution in [0.3, 0.4) is 0 Å². The Labute approximate surface area is 95.5 Å². The molecule has 1 aliphatic rings. The predicted molar refractivity (Wildman–Crippen MR) is 63.6 cm³/mol. The smallest absolute Gasteiger partial charge is 0.251 e. The summed E-state index contributed by atoms with van der Waals surface area (Å²) >= 11 is 0. The molecular weight excluding hydrogens is 202 g/mol. The van der Waals surface area contributed by atoms with Crippen molar-refractivity contribution in [2.45, 2.75) is 45.1 Å². The Hall–Kier alpha value is -1.16. The first-order valence-electron chi connectivity index (χ1n) is 6.04. The van der Waals surface area contributed by atoms with Crippen molar-refractivity contribution in [3.8, 4) is 0 Å². The standard InChI is InChI=1S/C12H19N3O/c1-9-14-11(8-12(16)15-9)6-5-10-4-2-3-7-13-10/h8,10,13H,2-7H2,1H3,(H,14,15,16). The van der Waals surface area contributed by atoms with Crippen LogP contribution in [0.15, 0.2) is 10.9 Å². The largest absolute Gasteiger partial charge is 0.314 e. The third-order valence-electron chi connectivity index (χ3n) is 3.07. The molecule has 0 radical (unpaired) electrons. The Morgan fingerprint density at radius 1 is 1.50 bits per heavy atom. The van der Waals surface area contributed by atoms with Crippen molar-refractivity contribution >= 4 is 0 Å². The lowest BCUT2D eigenvalue weighted by Crippen LogP contribution is -2.34. The SMILES string of the molecule is Cc1nc(CCC2CCCCN2)cc(=O)[nH]1. The third-order valence-corrected chi connectivity index (χ3v) is 3.07. The summed E-state index contributed by atoms with van der Waals surface area (Å²) in [6.45, 7) is 2.95. The highest BCUT2D eigenvalue weighted by molar-refractivity contribution is 5.02. The molecule has 0 amide bonds. The van der Waals surface area contributed by atoms with Crippen molar-refractivity contribution < 1.29 is 0 Å². The molecule has 16 heavy (non-hydrogen) atoms. The number of nitrogens with zero attached hydrogens (tertiary/aromatic N) is 1. The summed E-state index contributed by atoms with van der Waals surface area (Å²) in [7, 11) is 0. The fourth-order valence-electron chi connectivity index (χ4n) is 2.26. The summed E-state index contributed by atoms with van der Waals surface area (Å²) in [5.74, 6) is 0.708. The van der Waals surface area contributed by atoms with Gasteiger partial charge in [0.15, 0.2) is 0 Å². The van der Waals surface area contributed by atoms with E-state index in [-0.39, 0.29) is 5.56 Å². The summed E-state index contributed by atoms with van der Waals surface area (Å²) in [6, 6.07) is 2.21. The van der Waals surface area contributed by atoms with Gasteiger partial charge in [0.1, 0.15) is 5.82 Å². The van der Waals surface area contributed by atoms with Crippen molar-refractivity contribution in [1.29, 1.82) is 0 Å². The van der Waals surface area contributed by atoms with E-state index in [1.54, 1.807) is 6.07 Å². The van der Waals surface area contributed by atoms with Crippen LogP contribution in [-0.2, 0) is 6.42 Å². The Morgan fingerprint density at radius 3 is 3.06 bits per heavy atom. The van der Waals surface area contributed by atoms with E-state index in [2.05, 4.69) is 15.3 Å². The second-order valence-corrected chi connectivity index (χ2v) is 4.51. The number of aromatic amines is 1. The molecule has 2 N–H and O–H groups in total. The summed E-state index contributed by atoms with van der Waals surface area (Å²) in [5, 5.41) is 3.50. The van der Waals surface area contributed by atoms with Gasteiger partial charge < -0.3 is 10.3 Å². The first kappa shape index (κ1) is 11.3. The highest BCUT2D eigenvalue weighted by atomic mass is 16.1. The molecule has 2 rings (SSSR count). The molecule has 88 valence electrons. The molecule has 1 aliphatic heterocycles. The van der Waals surface area contributed by atoms with Crippen molar-refractivity contribution in [3.05, 3.63) is 27.9 Å². The van der Waals surface area contributed by atoms with Gasteiger partial charge in [0.2, 0.25) is 0 Å². The van der Waals surface area contributed by atoms with Gasteiger partial charge in [-0.15, -0.1) is 0 Å². The van der Waals surface area contributed by atoms with E-state index < -0.39 is 0 Å². The minimum absolute atomic E-state index is 0.0425. The van der Waals surface area contributed by atoms with Crippen LogP contribution in [0, 0.1) is 6.92 Å². The Bertz CT molecular complexity index is 393. The molecule has 1 fully saturated rings. The lowest BCUT2D eigenvalue weighted by molar-refractivity contribution is 0.381. The van der Waals surface area contributed by atoms with Crippen molar-refractivity contribution in [2.24, 2.45) is 0 Å². The lowest BCUT2D eigenvalue weighted by atomic mass is 10.00. The number of piperidine rings is 1. The predicted octanol–water partition coefficient (Wildman–Crippen LogP) is 1.15. The molecule has 4 nitrogen and oxygen atoms in total. The number of aryl methyl sites for hydroxylation is 2. The Morgan fingerprint density at radius 2 is 2.38 bits per heavy atom. The summed E-state index contributed by atoms with van der Waals surface area (Å²) in [6.07, 6.45) is 5.83. The molecule has 0 aromatic carbocycles. The zero-order valence-corrected chi connectivity index (χ0v) is 9.75. The maximum Gasteiger partial charge on any atom is 0.251 e. The minimum atomic E-state index is -0.0425. The molecular formula is C12H19N3O.